The number of pyridine rings is 2. The molecule has 47 heavy (non-hydrogen) atoms. The third-order valence-electron chi connectivity index (χ3n) is 8.17. The predicted octanol–water partition coefficient (Wildman–Crippen LogP) is 7.57. The van der Waals surface area contributed by atoms with Crippen LogP contribution in [-0.2, 0) is 45.9 Å². The fourth-order valence-corrected chi connectivity index (χ4v) is 5.73. The first-order valence-corrected chi connectivity index (χ1v) is 16.8. The highest BCUT2D eigenvalue weighted by molar-refractivity contribution is 9.10. The maximum atomic E-state index is 10.9. The molecular formula is C38H45BrN2O6. The molecule has 250 valence electrons. The fraction of sp³-hybridized carbons (Fsp3) is 0.395. The minimum atomic E-state index is -0.898. The van der Waals surface area contributed by atoms with Gasteiger partial charge in [-0.3, -0.25) is 4.79 Å². The van der Waals surface area contributed by atoms with Crippen LogP contribution in [0.5, 0.6) is 11.8 Å². The Morgan fingerprint density at radius 3 is 1.70 bits per heavy atom. The number of carbonyl (C=O) groups excluding carboxylic acids is 1. The van der Waals surface area contributed by atoms with Gasteiger partial charge in [0.05, 0.1) is 49.7 Å². The molecule has 4 aromatic rings. The molecule has 2 aliphatic rings. The number of halogens is 1. The zero-order chi connectivity index (χ0) is 33.6. The highest BCUT2D eigenvalue weighted by Gasteiger charge is 2.47. The average Bonchev–Trinajstić information content (AvgIpc) is 3.08. The molecule has 0 aliphatic heterocycles. The van der Waals surface area contributed by atoms with E-state index in [1.165, 1.54) is 11.1 Å². The van der Waals surface area contributed by atoms with E-state index in [0.717, 1.165) is 34.0 Å². The lowest BCUT2D eigenvalue weighted by molar-refractivity contribution is -0.150. The molecule has 2 heterocycles. The quantitative estimate of drug-likeness (QED) is 0.171. The van der Waals surface area contributed by atoms with Crippen molar-refractivity contribution in [2.45, 2.75) is 83.4 Å². The topological polar surface area (TPSA) is 100 Å². The minimum Gasteiger partial charge on any atom is -0.481 e. The van der Waals surface area contributed by atoms with Crippen molar-refractivity contribution in [3.05, 3.63) is 117 Å². The first-order chi connectivity index (χ1) is 22.8. The zero-order valence-electron chi connectivity index (χ0n) is 27.7. The van der Waals surface area contributed by atoms with Gasteiger partial charge in [0, 0.05) is 43.6 Å². The molecule has 0 atom stereocenters. The standard InChI is InChI=1S/C19H23NO3.C11H12O2.C8H10BrNO/c1-3-14-9-17(18(22-2)20-12-14)19(21)10-16(11-19)23-13-15-7-5-4-6-8-15;12-10-6-11(7-10)13-8-9-4-2-1-3-5-9;1-3-6-4-7(9)8(11-2)10-5-6/h4-9,12,16,21H,3,10-11,13H2,1-2H3;1-5,11H,6-8H2;4-5H,3H2,1-2H3. The molecule has 0 unspecified atom stereocenters. The number of rotatable bonds is 11. The first-order valence-electron chi connectivity index (χ1n) is 16.0. The molecule has 8 nitrogen and oxygen atoms in total. The summed E-state index contributed by atoms with van der Waals surface area (Å²) in [5.74, 6) is 1.46. The number of ether oxygens (including phenoxy) is 4. The van der Waals surface area contributed by atoms with E-state index in [1.54, 1.807) is 20.4 Å². The molecule has 2 aromatic carbocycles. The summed E-state index contributed by atoms with van der Waals surface area (Å²) in [6.45, 7) is 5.37. The number of hydrogen-bond acceptors (Lipinski definition) is 8. The molecule has 0 bridgehead atoms. The van der Waals surface area contributed by atoms with Gasteiger partial charge in [-0.15, -0.1) is 0 Å². The number of Topliss-reactive ketones (excluding diaryl/α,β-unsaturated/α-hetero) is 1. The normalized spacial score (nSPS) is 18.4. The summed E-state index contributed by atoms with van der Waals surface area (Å²) in [5.41, 5.74) is 4.50. The van der Waals surface area contributed by atoms with Crippen molar-refractivity contribution in [3.63, 3.8) is 0 Å². The van der Waals surface area contributed by atoms with Crippen molar-refractivity contribution in [2.75, 3.05) is 14.2 Å². The van der Waals surface area contributed by atoms with E-state index < -0.39 is 5.60 Å². The van der Waals surface area contributed by atoms with Gasteiger partial charge in [0.1, 0.15) is 5.78 Å². The molecule has 2 aliphatic carbocycles. The second-order valence-electron chi connectivity index (χ2n) is 11.7. The van der Waals surface area contributed by atoms with Crippen LogP contribution in [0, 0.1) is 0 Å². The Morgan fingerprint density at radius 2 is 1.23 bits per heavy atom. The number of methoxy groups -OCH3 is 2. The Balaban J connectivity index is 0.000000176. The van der Waals surface area contributed by atoms with Crippen LogP contribution >= 0.6 is 15.9 Å². The molecule has 9 heteroatoms. The second-order valence-corrected chi connectivity index (χ2v) is 12.5. The van der Waals surface area contributed by atoms with Gasteiger partial charge >= 0.3 is 0 Å². The van der Waals surface area contributed by atoms with Crippen LogP contribution in [0.2, 0.25) is 0 Å². The molecule has 2 aromatic heterocycles. The number of aliphatic hydroxyl groups is 1. The highest BCUT2D eigenvalue weighted by Crippen LogP contribution is 2.46. The number of benzene rings is 2. The van der Waals surface area contributed by atoms with Crippen molar-refractivity contribution in [1.82, 2.24) is 9.97 Å². The zero-order valence-corrected chi connectivity index (χ0v) is 29.2. The molecular weight excluding hydrogens is 660 g/mol. The SMILES string of the molecule is CCc1cnc(OC)c(Br)c1.CCc1cnc(OC)c(C2(O)CC(OCc3ccccc3)C2)c1.O=C1CC(OCc2ccccc2)C1. The molecule has 6 rings (SSSR count). The van der Waals surface area contributed by atoms with Gasteiger partial charge in [-0.25, -0.2) is 9.97 Å². The first kappa shape index (κ1) is 36.2. The third kappa shape index (κ3) is 10.7. The molecule has 0 amide bonds. The van der Waals surface area contributed by atoms with Crippen molar-refractivity contribution in [2.24, 2.45) is 0 Å². The maximum Gasteiger partial charge on any atom is 0.227 e. The van der Waals surface area contributed by atoms with Crippen molar-refractivity contribution in [3.8, 4) is 11.8 Å². The van der Waals surface area contributed by atoms with Crippen LogP contribution < -0.4 is 9.47 Å². The van der Waals surface area contributed by atoms with Crippen LogP contribution in [0.4, 0.5) is 0 Å². The Hall–Kier alpha value is -3.63. The van der Waals surface area contributed by atoms with E-state index in [9.17, 15) is 9.90 Å². The minimum absolute atomic E-state index is 0.0650. The van der Waals surface area contributed by atoms with E-state index in [0.29, 0.717) is 56.4 Å². The fourth-order valence-electron chi connectivity index (χ4n) is 5.17. The Bertz CT molecular complexity index is 1540. The number of carbonyl (C=O) groups is 1. The average molecular weight is 706 g/mol. The molecule has 1 N–H and O–H groups in total. The van der Waals surface area contributed by atoms with Crippen LogP contribution in [-0.4, -0.2) is 47.3 Å². The van der Waals surface area contributed by atoms with Crippen LogP contribution in [0.25, 0.3) is 0 Å². The number of ketones is 1. The Labute approximate surface area is 286 Å². The van der Waals surface area contributed by atoms with Gasteiger partial charge in [0.15, 0.2) is 0 Å². The van der Waals surface area contributed by atoms with E-state index in [1.807, 2.05) is 79.0 Å². The molecule has 0 radical (unpaired) electrons. The van der Waals surface area contributed by atoms with Gasteiger partial charge in [0.25, 0.3) is 0 Å². The molecule has 0 spiro atoms. The summed E-state index contributed by atoms with van der Waals surface area (Å²) in [6.07, 6.45) is 8.10. The summed E-state index contributed by atoms with van der Waals surface area (Å²) < 4.78 is 22.6. The number of aryl methyl sites for hydroxylation is 2. The largest absolute Gasteiger partial charge is 0.481 e. The number of nitrogens with zero attached hydrogens (tertiary/aromatic N) is 2. The molecule has 2 saturated carbocycles. The van der Waals surface area contributed by atoms with Crippen LogP contribution in [0.1, 0.15) is 67.3 Å². The lowest BCUT2D eigenvalue weighted by Gasteiger charge is -2.43. The van der Waals surface area contributed by atoms with Gasteiger partial charge in [-0.1, -0.05) is 74.5 Å². The highest BCUT2D eigenvalue weighted by atomic mass is 79.9. The second kappa shape index (κ2) is 18.1. The van der Waals surface area contributed by atoms with E-state index in [4.69, 9.17) is 18.9 Å². The summed E-state index contributed by atoms with van der Waals surface area (Å²) in [4.78, 5) is 19.1. The van der Waals surface area contributed by atoms with Gasteiger partial charge in [0.2, 0.25) is 11.8 Å². The summed E-state index contributed by atoms with van der Waals surface area (Å²) in [7, 11) is 3.20. The molecule has 2 fully saturated rings. The third-order valence-corrected chi connectivity index (χ3v) is 8.74. The van der Waals surface area contributed by atoms with E-state index >= 15 is 0 Å². The van der Waals surface area contributed by atoms with E-state index in [2.05, 4.69) is 39.7 Å². The van der Waals surface area contributed by atoms with E-state index in [-0.39, 0.29) is 12.2 Å². The maximum absolute atomic E-state index is 10.9. The summed E-state index contributed by atoms with van der Waals surface area (Å²) in [6, 6.07) is 24.1. The predicted molar refractivity (Wildman–Crippen MR) is 185 cm³/mol. The summed E-state index contributed by atoms with van der Waals surface area (Å²) in [5, 5.41) is 10.9. The van der Waals surface area contributed by atoms with Crippen molar-refractivity contribution in [1.29, 1.82) is 0 Å². The van der Waals surface area contributed by atoms with Crippen molar-refractivity contribution >= 4 is 21.7 Å². The van der Waals surface area contributed by atoms with Gasteiger partial charge in [-0.05, 0) is 63.2 Å². The Kier molecular flexibility index (Phi) is 13.9. The van der Waals surface area contributed by atoms with Gasteiger partial charge < -0.3 is 24.1 Å². The number of hydrogen-bond donors (Lipinski definition) is 1. The lowest BCUT2D eigenvalue weighted by Crippen LogP contribution is -2.46. The lowest BCUT2D eigenvalue weighted by atomic mass is 9.72. The number of aromatic nitrogens is 2. The van der Waals surface area contributed by atoms with Crippen LogP contribution in [0.15, 0.2) is 89.7 Å². The Morgan fingerprint density at radius 1 is 0.745 bits per heavy atom. The monoisotopic (exact) mass is 704 g/mol. The van der Waals surface area contributed by atoms with Crippen molar-refractivity contribution < 1.29 is 28.8 Å². The van der Waals surface area contributed by atoms with Crippen LogP contribution in [0.3, 0.4) is 0 Å². The summed E-state index contributed by atoms with van der Waals surface area (Å²) >= 11 is 3.36. The smallest absolute Gasteiger partial charge is 0.227 e. The molecule has 0 saturated heterocycles. The van der Waals surface area contributed by atoms with Gasteiger partial charge in [-0.2, -0.15) is 0 Å².